The molecule has 0 aliphatic heterocycles. The molecule has 80 valence electrons. The molecular weight excluding hydrogens is 186 g/mol. The zero-order valence-corrected chi connectivity index (χ0v) is 9.12. The van der Waals surface area contributed by atoms with Gasteiger partial charge in [0.25, 0.3) is 0 Å². The van der Waals surface area contributed by atoms with E-state index >= 15 is 0 Å². The van der Waals surface area contributed by atoms with Gasteiger partial charge in [0.05, 0.1) is 7.11 Å². The molecule has 0 spiro atoms. The van der Waals surface area contributed by atoms with Crippen molar-refractivity contribution in [2.75, 3.05) is 7.11 Å². The van der Waals surface area contributed by atoms with E-state index in [-0.39, 0.29) is 0 Å². The average Bonchev–Trinajstić information content (AvgIpc) is 3.00. The van der Waals surface area contributed by atoms with Gasteiger partial charge in [0.1, 0.15) is 5.75 Å². The number of aryl methyl sites for hydroxylation is 1. The molecule has 2 heteroatoms. The number of methoxy groups -OCH3 is 1. The molecule has 15 heavy (non-hydrogen) atoms. The van der Waals surface area contributed by atoms with Crippen molar-refractivity contribution in [1.29, 1.82) is 0 Å². The van der Waals surface area contributed by atoms with Crippen LogP contribution in [-0.2, 0) is 6.42 Å². The highest BCUT2D eigenvalue weighted by Crippen LogP contribution is 2.36. The lowest BCUT2D eigenvalue weighted by Crippen LogP contribution is -2.21. The fraction of sp³-hybridized carbons (Fsp3) is 0.538. The number of rotatable bonds is 3. The van der Waals surface area contributed by atoms with E-state index < -0.39 is 0 Å². The van der Waals surface area contributed by atoms with E-state index in [1.165, 1.54) is 36.8 Å². The summed E-state index contributed by atoms with van der Waals surface area (Å²) < 4.78 is 5.28. The van der Waals surface area contributed by atoms with Crippen LogP contribution in [0, 0.1) is 0 Å². The quantitative estimate of drug-likeness (QED) is 0.814. The smallest absolute Gasteiger partial charge is 0.119 e. The van der Waals surface area contributed by atoms with Gasteiger partial charge in [-0.1, -0.05) is 6.07 Å². The lowest BCUT2D eigenvalue weighted by molar-refractivity contribution is 0.413. The number of fused-ring (bicyclic) bond motifs is 1. The largest absolute Gasteiger partial charge is 0.497 e. The summed E-state index contributed by atoms with van der Waals surface area (Å²) in [6.07, 6.45) is 5.17. The van der Waals surface area contributed by atoms with Gasteiger partial charge in [0.2, 0.25) is 0 Å². The Hall–Kier alpha value is -1.02. The summed E-state index contributed by atoms with van der Waals surface area (Å²) in [4.78, 5) is 0. The number of hydrogen-bond donors (Lipinski definition) is 1. The van der Waals surface area contributed by atoms with E-state index in [4.69, 9.17) is 4.74 Å². The minimum absolute atomic E-state index is 0.572. The van der Waals surface area contributed by atoms with Gasteiger partial charge in [-0.25, -0.2) is 0 Å². The Kier molecular flexibility index (Phi) is 2.17. The van der Waals surface area contributed by atoms with Crippen LogP contribution in [0.2, 0.25) is 0 Å². The van der Waals surface area contributed by atoms with Gasteiger partial charge in [0, 0.05) is 12.1 Å². The molecule has 0 radical (unpaired) electrons. The van der Waals surface area contributed by atoms with Gasteiger partial charge < -0.3 is 10.1 Å². The molecule has 0 aromatic heterocycles. The minimum atomic E-state index is 0.572. The molecule has 1 aromatic carbocycles. The fourth-order valence-corrected chi connectivity index (χ4v) is 2.42. The normalized spacial score (nSPS) is 23.9. The molecule has 2 nitrogen and oxygen atoms in total. The highest BCUT2D eigenvalue weighted by atomic mass is 16.5. The second-order valence-corrected chi connectivity index (χ2v) is 4.60. The molecule has 2 aliphatic carbocycles. The lowest BCUT2D eigenvalue weighted by Gasteiger charge is -2.13. The summed E-state index contributed by atoms with van der Waals surface area (Å²) in [6.45, 7) is 0. The Balaban J connectivity index is 1.85. The Morgan fingerprint density at radius 3 is 2.87 bits per heavy atom. The zero-order valence-electron chi connectivity index (χ0n) is 9.12. The summed E-state index contributed by atoms with van der Waals surface area (Å²) in [5, 5.41) is 3.70. The second-order valence-electron chi connectivity index (χ2n) is 4.60. The fourth-order valence-electron chi connectivity index (χ4n) is 2.42. The Morgan fingerprint density at radius 2 is 2.13 bits per heavy atom. The van der Waals surface area contributed by atoms with Gasteiger partial charge >= 0.3 is 0 Å². The van der Waals surface area contributed by atoms with Crippen LogP contribution in [0.25, 0.3) is 0 Å². The van der Waals surface area contributed by atoms with Gasteiger partial charge in [-0.3, -0.25) is 0 Å². The van der Waals surface area contributed by atoms with E-state index in [9.17, 15) is 0 Å². The molecule has 0 bridgehead atoms. The van der Waals surface area contributed by atoms with Gasteiger partial charge in [0.15, 0.2) is 0 Å². The first-order valence-corrected chi connectivity index (χ1v) is 5.79. The first-order valence-electron chi connectivity index (χ1n) is 5.79. The van der Waals surface area contributed by atoms with Crippen molar-refractivity contribution in [3.05, 3.63) is 29.3 Å². The molecule has 1 fully saturated rings. The van der Waals surface area contributed by atoms with Gasteiger partial charge in [-0.2, -0.15) is 0 Å². The molecule has 0 heterocycles. The predicted molar refractivity (Wildman–Crippen MR) is 60.2 cm³/mol. The summed E-state index contributed by atoms with van der Waals surface area (Å²) in [5.41, 5.74) is 2.95. The second kappa shape index (κ2) is 3.53. The highest BCUT2D eigenvalue weighted by molar-refractivity contribution is 5.40. The number of ether oxygens (including phenoxy) is 1. The van der Waals surface area contributed by atoms with Crippen LogP contribution in [0.15, 0.2) is 18.2 Å². The molecule has 1 N–H and O–H groups in total. The van der Waals surface area contributed by atoms with E-state index in [0.29, 0.717) is 6.04 Å². The summed E-state index contributed by atoms with van der Waals surface area (Å²) in [6, 6.07) is 7.83. The van der Waals surface area contributed by atoms with E-state index in [1.54, 1.807) is 7.11 Å². The molecular formula is C13H17NO. The molecule has 1 unspecified atom stereocenters. The summed E-state index contributed by atoms with van der Waals surface area (Å²) >= 11 is 0. The molecule has 3 rings (SSSR count). The summed E-state index contributed by atoms with van der Waals surface area (Å²) in [7, 11) is 1.74. The Bertz CT molecular complexity index is 371. The van der Waals surface area contributed by atoms with Crippen LogP contribution in [0.4, 0.5) is 0 Å². The number of nitrogens with one attached hydrogen (secondary N) is 1. The van der Waals surface area contributed by atoms with Gasteiger partial charge in [-0.15, -0.1) is 0 Å². The molecule has 1 atom stereocenters. The van der Waals surface area contributed by atoms with Crippen molar-refractivity contribution in [2.45, 2.75) is 37.8 Å². The Labute approximate surface area is 90.6 Å². The van der Waals surface area contributed by atoms with Crippen LogP contribution < -0.4 is 10.1 Å². The monoisotopic (exact) mass is 203 g/mol. The maximum Gasteiger partial charge on any atom is 0.119 e. The molecule has 2 aliphatic rings. The van der Waals surface area contributed by atoms with Crippen molar-refractivity contribution in [1.82, 2.24) is 5.32 Å². The van der Waals surface area contributed by atoms with Crippen LogP contribution in [0.5, 0.6) is 5.75 Å². The average molecular weight is 203 g/mol. The number of benzene rings is 1. The standard InChI is InChI=1S/C13H17NO/c1-15-11-6-2-9-3-7-13(12(9)8-11)14-10-4-5-10/h2,6,8,10,13-14H,3-5,7H2,1H3. The minimum Gasteiger partial charge on any atom is -0.497 e. The third-order valence-electron chi connectivity index (χ3n) is 3.45. The van der Waals surface area contributed by atoms with E-state index in [0.717, 1.165) is 11.8 Å². The van der Waals surface area contributed by atoms with Crippen molar-refractivity contribution >= 4 is 0 Å². The van der Waals surface area contributed by atoms with E-state index in [1.807, 2.05) is 0 Å². The zero-order chi connectivity index (χ0) is 10.3. The third-order valence-corrected chi connectivity index (χ3v) is 3.45. The van der Waals surface area contributed by atoms with Crippen LogP contribution in [0.1, 0.15) is 36.4 Å². The molecule has 0 amide bonds. The summed E-state index contributed by atoms with van der Waals surface area (Å²) in [5.74, 6) is 0.984. The lowest BCUT2D eigenvalue weighted by atomic mass is 10.1. The van der Waals surface area contributed by atoms with Crippen LogP contribution in [0.3, 0.4) is 0 Å². The van der Waals surface area contributed by atoms with Crippen LogP contribution >= 0.6 is 0 Å². The van der Waals surface area contributed by atoms with Crippen molar-refractivity contribution in [3.8, 4) is 5.75 Å². The maximum atomic E-state index is 5.28. The highest BCUT2D eigenvalue weighted by Gasteiger charge is 2.29. The number of hydrogen-bond acceptors (Lipinski definition) is 2. The first-order chi connectivity index (χ1) is 7.36. The van der Waals surface area contributed by atoms with Gasteiger partial charge in [-0.05, 0) is 48.9 Å². The maximum absolute atomic E-state index is 5.28. The SMILES string of the molecule is COc1ccc2c(c1)C(NC1CC1)CC2. The van der Waals surface area contributed by atoms with Crippen molar-refractivity contribution in [3.63, 3.8) is 0 Å². The predicted octanol–water partition coefficient (Wildman–Crippen LogP) is 2.43. The molecule has 1 aromatic rings. The molecule has 0 saturated heterocycles. The Morgan fingerprint density at radius 1 is 1.27 bits per heavy atom. The third kappa shape index (κ3) is 1.74. The van der Waals surface area contributed by atoms with Crippen molar-refractivity contribution < 1.29 is 4.74 Å². The first kappa shape index (κ1) is 9.22. The molecule has 1 saturated carbocycles. The van der Waals surface area contributed by atoms with Crippen molar-refractivity contribution in [2.24, 2.45) is 0 Å². The van der Waals surface area contributed by atoms with E-state index in [2.05, 4.69) is 23.5 Å². The van der Waals surface area contributed by atoms with Crippen LogP contribution in [-0.4, -0.2) is 13.2 Å². The topological polar surface area (TPSA) is 21.3 Å².